The number of urea groups is 1. The third kappa shape index (κ3) is 7.67. The summed E-state index contributed by atoms with van der Waals surface area (Å²) < 4.78 is 5.71. The molecule has 0 aromatic heterocycles. The van der Waals surface area contributed by atoms with Gasteiger partial charge < -0.3 is 30.7 Å². The maximum Gasteiger partial charge on any atom is 0.322 e. The number of Topliss-reactive ketones (excluding diaryl/α,β-unsaturated/α-hetero) is 1. The number of anilines is 3. The highest BCUT2D eigenvalue weighted by Gasteiger charge is 2.39. The van der Waals surface area contributed by atoms with Gasteiger partial charge in [0.1, 0.15) is 6.04 Å². The van der Waals surface area contributed by atoms with E-state index in [0.717, 1.165) is 18.8 Å². The van der Waals surface area contributed by atoms with Gasteiger partial charge in [0.2, 0.25) is 5.91 Å². The Balaban J connectivity index is 1.27. The number of nitrogens with one attached hydrogen (secondary N) is 3. The largest absolute Gasteiger partial charge is 0.391 e. The van der Waals surface area contributed by atoms with Crippen LogP contribution in [0, 0.1) is 0 Å². The maximum absolute atomic E-state index is 13.0. The number of halogens is 1. The molecule has 11 heteroatoms. The molecule has 3 amide bonds. The topological polar surface area (TPSA) is 123 Å². The predicted octanol–water partition coefficient (Wildman–Crippen LogP) is 3.04. The summed E-state index contributed by atoms with van der Waals surface area (Å²) >= 11 is 5.89. The van der Waals surface area contributed by atoms with Crippen molar-refractivity contribution >= 4 is 46.4 Å². The van der Waals surface area contributed by atoms with Crippen molar-refractivity contribution in [3.63, 3.8) is 0 Å². The van der Waals surface area contributed by atoms with Crippen LogP contribution in [0.5, 0.6) is 0 Å². The Bertz CT molecular complexity index is 1120. The lowest BCUT2D eigenvalue weighted by molar-refractivity contribution is -0.122. The van der Waals surface area contributed by atoms with Gasteiger partial charge in [-0.05, 0) is 62.4 Å². The minimum atomic E-state index is -0.821. The second-order valence-electron chi connectivity index (χ2n) is 9.90. The number of nitrogens with zero attached hydrogens (tertiary/aromatic N) is 2. The van der Waals surface area contributed by atoms with Crippen LogP contribution in [0.2, 0.25) is 5.02 Å². The number of rotatable bonds is 8. The molecule has 2 aromatic carbocycles. The molecule has 4 atom stereocenters. The Labute approximate surface area is 227 Å². The molecule has 204 valence electrons. The predicted molar refractivity (Wildman–Crippen MR) is 147 cm³/mol. The Morgan fingerprint density at radius 3 is 2.16 bits per heavy atom. The average Bonchev–Trinajstić information content (AvgIpc) is 3.26. The Morgan fingerprint density at radius 1 is 0.921 bits per heavy atom. The molecule has 0 saturated carbocycles. The van der Waals surface area contributed by atoms with Crippen molar-refractivity contribution in [2.75, 3.05) is 48.7 Å². The van der Waals surface area contributed by atoms with Crippen LogP contribution >= 0.6 is 11.6 Å². The zero-order valence-corrected chi connectivity index (χ0v) is 22.3. The minimum Gasteiger partial charge on any atom is -0.391 e. The normalized spacial score (nSPS) is 23.6. The van der Waals surface area contributed by atoms with E-state index in [0.29, 0.717) is 22.9 Å². The van der Waals surface area contributed by atoms with Gasteiger partial charge in [-0.1, -0.05) is 11.6 Å². The van der Waals surface area contributed by atoms with Crippen molar-refractivity contribution < 1.29 is 24.2 Å². The van der Waals surface area contributed by atoms with E-state index in [1.165, 1.54) is 4.90 Å². The van der Waals surface area contributed by atoms with E-state index in [1.54, 1.807) is 48.5 Å². The zero-order chi connectivity index (χ0) is 27.2. The van der Waals surface area contributed by atoms with Crippen molar-refractivity contribution in [1.82, 2.24) is 9.80 Å². The Morgan fingerprint density at radius 2 is 1.50 bits per heavy atom. The SMILES string of the molecule is CC1CN(CC(=O)CNc2ccc(NC(=O)[C@H]3C[C@@H](O)CN3C(=O)Nc3ccc(Cl)cc3)cc2)CC(C)O1. The lowest BCUT2D eigenvalue weighted by atomic mass is 10.1. The molecule has 38 heavy (non-hydrogen) atoms. The van der Waals surface area contributed by atoms with Gasteiger partial charge >= 0.3 is 6.03 Å². The summed E-state index contributed by atoms with van der Waals surface area (Å²) in [6.45, 7) is 6.11. The summed E-state index contributed by atoms with van der Waals surface area (Å²) in [6.07, 6.45) is -0.434. The third-order valence-electron chi connectivity index (χ3n) is 6.48. The van der Waals surface area contributed by atoms with Crippen molar-refractivity contribution in [2.45, 2.75) is 44.6 Å². The molecule has 10 nitrogen and oxygen atoms in total. The quantitative estimate of drug-likeness (QED) is 0.403. The summed E-state index contributed by atoms with van der Waals surface area (Å²) in [5.74, 6) is -0.307. The van der Waals surface area contributed by atoms with Gasteiger partial charge in [-0.3, -0.25) is 14.5 Å². The second-order valence-corrected chi connectivity index (χ2v) is 10.3. The fraction of sp³-hybridized carbons (Fsp3) is 0.444. The molecule has 0 radical (unpaired) electrons. The number of ketones is 1. The molecule has 2 unspecified atom stereocenters. The highest BCUT2D eigenvalue weighted by atomic mass is 35.5. The van der Waals surface area contributed by atoms with Gasteiger partial charge in [0.25, 0.3) is 0 Å². The van der Waals surface area contributed by atoms with Crippen LogP contribution in [-0.4, -0.2) is 89.7 Å². The fourth-order valence-electron chi connectivity index (χ4n) is 4.83. The summed E-state index contributed by atoms with van der Waals surface area (Å²) in [4.78, 5) is 41.6. The van der Waals surface area contributed by atoms with E-state index in [4.69, 9.17) is 16.3 Å². The Kier molecular flexibility index (Phi) is 9.22. The number of hydrogen-bond donors (Lipinski definition) is 4. The van der Waals surface area contributed by atoms with Gasteiger partial charge in [0.15, 0.2) is 5.78 Å². The number of aliphatic hydroxyl groups excluding tert-OH is 1. The number of β-amino-alcohol motifs (C(OH)–C–C–N with tert-alkyl or cyclic N) is 1. The molecule has 2 saturated heterocycles. The van der Waals surface area contributed by atoms with Crippen LogP contribution in [-0.2, 0) is 14.3 Å². The van der Waals surface area contributed by atoms with Crippen LogP contribution in [0.25, 0.3) is 0 Å². The zero-order valence-electron chi connectivity index (χ0n) is 21.5. The first-order valence-corrected chi connectivity index (χ1v) is 13.1. The third-order valence-corrected chi connectivity index (χ3v) is 6.73. The molecular weight excluding hydrogens is 510 g/mol. The number of likely N-dealkylation sites (tertiary alicyclic amines) is 1. The van der Waals surface area contributed by atoms with E-state index in [-0.39, 0.29) is 37.5 Å². The highest BCUT2D eigenvalue weighted by molar-refractivity contribution is 6.30. The molecular formula is C27H34ClN5O5. The minimum absolute atomic E-state index is 0.0523. The van der Waals surface area contributed by atoms with Crippen LogP contribution in [0.3, 0.4) is 0 Å². The standard InChI is InChI=1S/C27H34ClN5O5/c1-17-13-32(14-18(2)38-17)15-24(35)12-29-20-7-9-21(10-8-20)30-26(36)25-11-23(34)16-33(25)27(37)31-22-5-3-19(28)4-6-22/h3-10,17-18,23,25,29,34H,11-16H2,1-2H3,(H,30,36)(H,31,37)/t17?,18?,23-,25-/m1/s1. The Hall–Kier alpha value is -3.18. The van der Waals surface area contributed by atoms with E-state index < -0.39 is 24.1 Å². The summed E-state index contributed by atoms with van der Waals surface area (Å²) in [6, 6.07) is 12.3. The summed E-state index contributed by atoms with van der Waals surface area (Å²) in [7, 11) is 0. The fourth-order valence-corrected chi connectivity index (χ4v) is 4.96. The molecule has 0 spiro atoms. The van der Waals surface area contributed by atoms with Crippen LogP contribution in [0.1, 0.15) is 20.3 Å². The number of benzene rings is 2. The smallest absolute Gasteiger partial charge is 0.322 e. The summed E-state index contributed by atoms with van der Waals surface area (Å²) in [5, 5.41) is 19.4. The van der Waals surface area contributed by atoms with Gasteiger partial charge in [-0.25, -0.2) is 4.79 Å². The van der Waals surface area contributed by atoms with Crippen molar-refractivity contribution in [3.05, 3.63) is 53.6 Å². The molecule has 0 aliphatic carbocycles. The molecule has 4 rings (SSSR count). The number of hydrogen-bond acceptors (Lipinski definition) is 7. The number of aliphatic hydroxyl groups is 1. The maximum atomic E-state index is 13.0. The highest BCUT2D eigenvalue weighted by Crippen LogP contribution is 2.23. The van der Waals surface area contributed by atoms with Crippen molar-refractivity contribution in [3.8, 4) is 0 Å². The molecule has 4 N–H and O–H groups in total. The van der Waals surface area contributed by atoms with Gasteiger partial charge in [-0.2, -0.15) is 0 Å². The van der Waals surface area contributed by atoms with Gasteiger partial charge in [-0.15, -0.1) is 0 Å². The lowest BCUT2D eigenvalue weighted by Gasteiger charge is -2.34. The number of amides is 3. The number of carbonyl (C=O) groups excluding carboxylic acids is 3. The van der Waals surface area contributed by atoms with E-state index in [2.05, 4.69) is 20.9 Å². The summed E-state index contributed by atoms with van der Waals surface area (Å²) in [5.41, 5.74) is 1.83. The van der Waals surface area contributed by atoms with E-state index >= 15 is 0 Å². The molecule has 2 heterocycles. The second kappa shape index (κ2) is 12.6. The van der Waals surface area contributed by atoms with Gasteiger partial charge in [0.05, 0.1) is 31.4 Å². The van der Waals surface area contributed by atoms with Crippen molar-refractivity contribution in [2.24, 2.45) is 0 Å². The van der Waals surface area contributed by atoms with Crippen LogP contribution < -0.4 is 16.0 Å². The molecule has 2 aliphatic heterocycles. The van der Waals surface area contributed by atoms with Crippen LogP contribution in [0.15, 0.2) is 48.5 Å². The first kappa shape index (κ1) is 27.8. The average molecular weight is 544 g/mol. The van der Waals surface area contributed by atoms with Gasteiger partial charge in [0, 0.05) is 48.1 Å². The molecule has 0 bridgehead atoms. The molecule has 2 aromatic rings. The number of ether oxygens (including phenoxy) is 1. The first-order chi connectivity index (χ1) is 18.2. The first-order valence-electron chi connectivity index (χ1n) is 12.7. The molecule has 2 fully saturated rings. The molecule has 2 aliphatic rings. The number of carbonyl (C=O) groups is 3. The van der Waals surface area contributed by atoms with Crippen molar-refractivity contribution in [1.29, 1.82) is 0 Å². The monoisotopic (exact) mass is 543 g/mol. The van der Waals surface area contributed by atoms with E-state index in [1.807, 2.05) is 13.8 Å². The number of morpholine rings is 1. The van der Waals surface area contributed by atoms with Crippen LogP contribution in [0.4, 0.5) is 21.9 Å². The lowest BCUT2D eigenvalue weighted by Crippen LogP contribution is -2.47. The van der Waals surface area contributed by atoms with E-state index in [9.17, 15) is 19.5 Å².